The topological polar surface area (TPSA) is 105 Å². The number of rotatable bonds is 7. The molecule has 2 rings (SSSR count). The normalized spacial score (nSPS) is 21.6. The molecule has 1 aliphatic heterocycles. The van der Waals surface area contributed by atoms with Crippen LogP contribution in [0.25, 0.3) is 0 Å². The predicted octanol–water partition coefficient (Wildman–Crippen LogP) is 0.843. The van der Waals surface area contributed by atoms with E-state index in [9.17, 15) is 13.2 Å². The third kappa shape index (κ3) is 3.86. The van der Waals surface area contributed by atoms with Crippen LogP contribution < -0.4 is 10.1 Å². The van der Waals surface area contributed by atoms with Gasteiger partial charge in [0.1, 0.15) is 11.8 Å². The Bertz CT molecular complexity index is 661. The van der Waals surface area contributed by atoms with E-state index in [0.717, 1.165) is 10.7 Å². The monoisotopic (exact) mass is 358 g/mol. The molecule has 134 valence electrons. The molecule has 0 unspecified atom stereocenters. The summed E-state index contributed by atoms with van der Waals surface area (Å²) in [7, 11) is -2.41. The van der Waals surface area contributed by atoms with Crippen molar-refractivity contribution in [2.75, 3.05) is 20.2 Å². The van der Waals surface area contributed by atoms with Gasteiger partial charge in [-0.3, -0.25) is 4.89 Å². The van der Waals surface area contributed by atoms with E-state index >= 15 is 0 Å². The highest BCUT2D eigenvalue weighted by molar-refractivity contribution is 7.89. The number of benzene rings is 1. The number of sulfonamides is 1. The summed E-state index contributed by atoms with van der Waals surface area (Å²) in [5.74, 6) is -0.447. The Labute approximate surface area is 141 Å². The van der Waals surface area contributed by atoms with Crippen LogP contribution in [-0.4, -0.2) is 56.2 Å². The second-order valence-corrected chi connectivity index (χ2v) is 7.45. The van der Waals surface area contributed by atoms with Crippen molar-refractivity contribution in [2.24, 2.45) is 0 Å². The molecule has 1 heterocycles. The Hall–Kier alpha value is -1.68. The molecule has 0 spiro atoms. The molecule has 9 heteroatoms. The van der Waals surface area contributed by atoms with Gasteiger partial charge in [-0.25, -0.2) is 13.2 Å². The van der Waals surface area contributed by atoms with Crippen molar-refractivity contribution in [1.29, 1.82) is 0 Å². The number of nitrogens with one attached hydrogen (secondary N) is 1. The highest BCUT2D eigenvalue weighted by Crippen LogP contribution is 2.28. The molecule has 1 aromatic carbocycles. The van der Waals surface area contributed by atoms with Crippen LogP contribution in [0, 0.1) is 0 Å². The van der Waals surface area contributed by atoms with E-state index in [2.05, 4.69) is 10.2 Å². The van der Waals surface area contributed by atoms with Crippen LogP contribution >= 0.6 is 0 Å². The second kappa shape index (κ2) is 7.93. The van der Waals surface area contributed by atoms with Crippen molar-refractivity contribution >= 4 is 16.0 Å². The van der Waals surface area contributed by atoms with Gasteiger partial charge in [0, 0.05) is 12.6 Å². The average molecular weight is 358 g/mol. The molecule has 8 nitrogen and oxygen atoms in total. The molecule has 1 fully saturated rings. The average Bonchev–Trinajstić information content (AvgIpc) is 3.04. The number of hydrogen-bond donors (Lipinski definition) is 2. The summed E-state index contributed by atoms with van der Waals surface area (Å²) >= 11 is 0. The van der Waals surface area contributed by atoms with E-state index in [1.807, 2.05) is 6.92 Å². The van der Waals surface area contributed by atoms with Gasteiger partial charge in [-0.05, 0) is 43.7 Å². The van der Waals surface area contributed by atoms with Gasteiger partial charge in [0.25, 0.3) is 0 Å². The summed E-state index contributed by atoms with van der Waals surface area (Å²) in [6.45, 7) is 2.84. The molecule has 0 saturated carbocycles. The fraction of sp³-hybridized carbons (Fsp3) is 0.533. The van der Waals surface area contributed by atoms with E-state index in [4.69, 9.17) is 9.99 Å². The van der Waals surface area contributed by atoms with Gasteiger partial charge in [-0.1, -0.05) is 6.92 Å². The molecule has 1 aliphatic rings. The fourth-order valence-electron chi connectivity index (χ4n) is 2.73. The third-order valence-corrected chi connectivity index (χ3v) is 5.86. The summed E-state index contributed by atoms with van der Waals surface area (Å²) in [6.07, 6.45) is 1.13. The van der Waals surface area contributed by atoms with Gasteiger partial charge < -0.3 is 10.1 Å². The van der Waals surface area contributed by atoms with Crippen LogP contribution in [0.5, 0.6) is 5.75 Å². The number of methoxy groups -OCH3 is 1. The maximum absolute atomic E-state index is 12.9. The first-order chi connectivity index (χ1) is 11.4. The molecule has 0 radical (unpaired) electrons. The Balaban J connectivity index is 2.28. The molecular weight excluding hydrogens is 336 g/mol. The van der Waals surface area contributed by atoms with Crippen LogP contribution in [0.1, 0.15) is 19.8 Å². The van der Waals surface area contributed by atoms with Crippen molar-refractivity contribution in [3.05, 3.63) is 24.3 Å². The lowest BCUT2D eigenvalue weighted by atomic mass is 10.2. The molecule has 1 aromatic rings. The zero-order chi connectivity index (χ0) is 17.7. The summed E-state index contributed by atoms with van der Waals surface area (Å²) in [5.41, 5.74) is 0. The summed E-state index contributed by atoms with van der Waals surface area (Å²) in [5, 5.41) is 11.9. The molecule has 0 bridgehead atoms. The molecule has 0 amide bonds. The van der Waals surface area contributed by atoms with Gasteiger partial charge in [0.05, 0.1) is 12.0 Å². The lowest BCUT2D eigenvalue weighted by Crippen LogP contribution is -2.41. The molecule has 0 aliphatic carbocycles. The third-order valence-electron chi connectivity index (χ3n) is 3.97. The van der Waals surface area contributed by atoms with Gasteiger partial charge in [0.2, 0.25) is 10.0 Å². The Morgan fingerprint density at radius 3 is 2.58 bits per heavy atom. The number of hydrogen-bond acceptors (Lipinski definition) is 7. The molecular formula is C15H22N2O6S. The second-order valence-electron chi connectivity index (χ2n) is 5.56. The largest absolute Gasteiger partial charge is 0.497 e. The van der Waals surface area contributed by atoms with Crippen LogP contribution in [-0.2, 0) is 19.7 Å². The van der Waals surface area contributed by atoms with Crippen LogP contribution in [0.2, 0.25) is 0 Å². The minimum atomic E-state index is -3.90. The van der Waals surface area contributed by atoms with Crippen LogP contribution in [0.15, 0.2) is 29.2 Å². The minimum absolute atomic E-state index is 0.0511. The smallest absolute Gasteiger partial charge is 0.360 e. The number of carbonyl (C=O) groups is 1. The quantitative estimate of drug-likeness (QED) is 0.550. The first kappa shape index (κ1) is 18.7. The Kier molecular flexibility index (Phi) is 6.16. The van der Waals surface area contributed by atoms with E-state index in [1.165, 1.54) is 31.4 Å². The lowest BCUT2D eigenvalue weighted by Gasteiger charge is -2.21. The molecule has 24 heavy (non-hydrogen) atoms. The van der Waals surface area contributed by atoms with Crippen LogP contribution in [0.3, 0.4) is 0 Å². The van der Waals surface area contributed by atoms with E-state index in [1.54, 1.807) is 0 Å². The Morgan fingerprint density at radius 1 is 1.38 bits per heavy atom. The number of ether oxygens (including phenoxy) is 1. The standard InChI is InChI=1S/C15H22N2O6S/c1-3-8-16-11-9-14(15(18)23-19)17(10-11)24(20,21)13-6-4-12(22-2)5-7-13/h4-7,11,14,16,19H,3,8-10H2,1-2H3/t11-,14+/m0/s1. The molecule has 1 saturated heterocycles. The maximum Gasteiger partial charge on any atom is 0.360 e. The van der Waals surface area contributed by atoms with Crippen molar-refractivity contribution in [1.82, 2.24) is 9.62 Å². The maximum atomic E-state index is 12.9. The highest BCUT2D eigenvalue weighted by Gasteiger charge is 2.44. The van der Waals surface area contributed by atoms with Gasteiger partial charge >= 0.3 is 5.97 Å². The van der Waals surface area contributed by atoms with E-state index in [-0.39, 0.29) is 23.9 Å². The van der Waals surface area contributed by atoms with Crippen molar-refractivity contribution in [3.8, 4) is 5.75 Å². The van der Waals surface area contributed by atoms with E-state index < -0.39 is 22.0 Å². The van der Waals surface area contributed by atoms with E-state index in [0.29, 0.717) is 12.3 Å². The summed E-state index contributed by atoms with van der Waals surface area (Å²) in [4.78, 5) is 15.6. The number of carbonyl (C=O) groups excluding carboxylic acids is 1. The minimum Gasteiger partial charge on any atom is -0.497 e. The lowest BCUT2D eigenvalue weighted by molar-refractivity contribution is -0.237. The first-order valence-electron chi connectivity index (χ1n) is 7.68. The van der Waals surface area contributed by atoms with Crippen molar-refractivity contribution in [2.45, 2.75) is 36.7 Å². The first-order valence-corrected chi connectivity index (χ1v) is 9.12. The summed E-state index contributed by atoms with van der Waals surface area (Å²) in [6, 6.07) is 4.67. The molecule has 2 atom stereocenters. The SMILES string of the molecule is CCCN[C@H]1C[C@H](C(=O)OO)N(S(=O)(=O)c2ccc(OC)cc2)C1. The Morgan fingerprint density at radius 2 is 2.04 bits per heavy atom. The fourth-order valence-corrected chi connectivity index (χ4v) is 4.36. The van der Waals surface area contributed by atoms with Crippen LogP contribution in [0.4, 0.5) is 0 Å². The van der Waals surface area contributed by atoms with Gasteiger partial charge in [0.15, 0.2) is 0 Å². The molecule has 0 aromatic heterocycles. The van der Waals surface area contributed by atoms with Gasteiger partial charge in [-0.15, -0.1) is 0 Å². The van der Waals surface area contributed by atoms with Crippen molar-refractivity contribution in [3.63, 3.8) is 0 Å². The zero-order valence-corrected chi connectivity index (χ0v) is 14.5. The van der Waals surface area contributed by atoms with Gasteiger partial charge in [-0.2, -0.15) is 9.56 Å². The molecule has 2 N–H and O–H groups in total. The predicted molar refractivity (Wildman–Crippen MR) is 86.1 cm³/mol. The number of nitrogens with zero attached hydrogens (tertiary/aromatic N) is 1. The zero-order valence-electron chi connectivity index (χ0n) is 13.6. The van der Waals surface area contributed by atoms with Crippen molar-refractivity contribution < 1.29 is 28.1 Å². The highest BCUT2D eigenvalue weighted by atomic mass is 32.2. The summed E-state index contributed by atoms with van der Waals surface area (Å²) < 4.78 is 31.8.